The number of nitrogens with zero attached hydrogens (tertiary/aromatic N) is 1. The Kier molecular flexibility index (Phi) is 2.65. The molecule has 0 heterocycles. The van der Waals surface area contributed by atoms with Crippen LogP contribution < -0.4 is 0 Å². The normalized spacial score (nSPS) is 9.83. The molecule has 0 bridgehead atoms. The van der Waals surface area contributed by atoms with Gasteiger partial charge in [0.15, 0.2) is 0 Å². The van der Waals surface area contributed by atoms with Gasteiger partial charge in [0.2, 0.25) is 0 Å². The molecule has 63 valence electrons. The van der Waals surface area contributed by atoms with Crippen LogP contribution in [0.5, 0.6) is 0 Å². The van der Waals surface area contributed by atoms with E-state index < -0.39 is 4.92 Å². The quantitative estimate of drug-likeness (QED) is 0.524. The molecule has 0 atom stereocenters. The maximum Gasteiger partial charge on any atom is 0.288 e. The van der Waals surface area contributed by atoms with Crippen molar-refractivity contribution in [3.05, 3.63) is 45.8 Å². The summed E-state index contributed by atoms with van der Waals surface area (Å²) in [7, 11) is 0. The standard InChI is InChI=1S/C8H7ClNO2/c1-2-6-3-4-7(9)8(5-6)10(11)12/h3-5H,1-2H2. The minimum absolute atomic E-state index is 0.0576. The van der Waals surface area contributed by atoms with Crippen LogP contribution in [0.4, 0.5) is 5.69 Å². The number of hydrogen-bond donors (Lipinski definition) is 0. The fourth-order valence-corrected chi connectivity index (χ4v) is 1.04. The van der Waals surface area contributed by atoms with Crippen LogP contribution in [0.15, 0.2) is 18.2 Å². The Labute approximate surface area is 75.1 Å². The maximum absolute atomic E-state index is 10.4. The highest BCUT2D eigenvalue weighted by atomic mass is 35.5. The Morgan fingerprint density at radius 1 is 1.58 bits per heavy atom. The molecule has 0 N–H and O–H groups in total. The van der Waals surface area contributed by atoms with Crippen molar-refractivity contribution in [1.82, 2.24) is 0 Å². The molecule has 0 aromatic heterocycles. The van der Waals surface area contributed by atoms with Crippen LogP contribution in [0.3, 0.4) is 0 Å². The smallest absolute Gasteiger partial charge is 0.258 e. The van der Waals surface area contributed by atoms with Gasteiger partial charge < -0.3 is 0 Å². The van der Waals surface area contributed by atoms with Crippen molar-refractivity contribution in [3.63, 3.8) is 0 Å². The monoisotopic (exact) mass is 184 g/mol. The van der Waals surface area contributed by atoms with Crippen molar-refractivity contribution >= 4 is 17.3 Å². The van der Waals surface area contributed by atoms with E-state index in [1.165, 1.54) is 12.1 Å². The van der Waals surface area contributed by atoms with Crippen LogP contribution in [0.1, 0.15) is 5.56 Å². The maximum atomic E-state index is 10.4. The Hall–Kier alpha value is -1.09. The molecule has 0 fully saturated rings. The number of benzene rings is 1. The molecule has 0 unspecified atom stereocenters. The number of nitro groups is 1. The zero-order valence-corrected chi connectivity index (χ0v) is 7.04. The lowest BCUT2D eigenvalue weighted by Crippen LogP contribution is -1.90. The summed E-state index contributed by atoms with van der Waals surface area (Å²) >= 11 is 5.59. The van der Waals surface area contributed by atoms with E-state index in [4.69, 9.17) is 11.6 Å². The van der Waals surface area contributed by atoms with Gasteiger partial charge in [0.05, 0.1) is 4.92 Å². The van der Waals surface area contributed by atoms with Crippen molar-refractivity contribution < 1.29 is 4.92 Å². The van der Waals surface area contributed by atoms with Crippen LogP contribution in [-0.4, -0.2) is 4.92 Å². The first-order valence-corrected chi connectivity index (χ1v) is 3.75. The highest BCUT2D eigenvalue weighted by Crippen LogP contribution is 2.24. The molecular weight excluding hydrogens is 178 g/mol. The van der Waals surface area contributed by atoms with Gasteiger partial charge in [-0.25, -0.2) is 0 Å². The molecule has 0 spiro atoms. The van der Waals surface area contributed by atoms with Crippen LogP contribution >= 0.6 is 11.6 Å². The second-order valence-electron chi connectivity index (χ2n) is 2.29. The van der Waals surface area contributed by atoms with E-state index in [0.717, 1.165) is 5.56 Å². The Morgan fingerprint density at radius 3 is 2.75 bits per heavy atom. The van der Waals surface area contributed by atoms with Crippen LogP contribution in [0.25, 0.3) is 0 Å². The first-order valence-electron chi connectivity index (χ1n) is 3.37. The van der Waals surface area contributed by atoms with Crippen molar-refractivity contribution in [2.45, 2.75) is 6.42 Å². The molecule has 4 heteroatoms. The van der Waals surface area contributed by atoms with E-state index in [1.807, 2.05) is 0 Å². The highest BCUT2D eigenvalue weighted by Gasteiger charge is 2.11. The second-order valence-corrected chi connectivity index (χ2v) is 2.70. The Balaban J connectivity index is 3.17. The summed E-state index contributed by atoms with van der Waals surface area (Å²) in [5.74, 6) is 0. The molecule has 0 aliphatic rings. The lowest BCUT2D eigenvalue weighted by molar-refractivity contribution is -0.384. The van der Waals surface area contributed by atoms with Gasteiger partial charge in [-0.05, 0) is 25.0 Å². The molecule has 0 aliphatic heterocycles. The summed E-state index contributed by atoms with van der Waals surface area (Å²) in [5, 5.41) is 10.6. The lowest BCUT2D eigenvalue weighted by Gasteiger charge is -1.97. The molecule has 1 aromatic carbocycles. The summed E-state index contributed by atoms with van der Waals surface area (Å²) in [5.41, 5.74) is 0.754. The third-order valence-corrected chi connectivity index (χ3v) is 1.82. The molecule has 3 nitrogen and oxygen atoms in total. The largest absolute Gasteiger partial charge is 0.288 e. The van der Waals surface area contributed by atoms with E-state index in [-0.39, 0.29) is 10.7 Å². The predicted octanol–water partition coefficient (Wildman–Crippen LogP) is 2.62. The summed E-state index contributed by atoms with van der Waals surface area (Å²) in [6.45, 7) is 3.62. The molecule has 1 aromatic rings. The minimum Gasteiger partial charge on any atom is -0.258 e. The van der Waals surface area contributed by atoms with E-state index in [1.54, 1.807) is 6.07 Å². The molecule has 0 amide bonds. The molecule has 1 radical (unpaired) electrons. The fraction of sp³-hybridized carbons (Fsp3) is 0.125. The van der Waals surface area contributed by atoms with E-state index in [0.29, 0.717) is 6.42 Å². The van der Waals surface area contributed by atoms with Gasteiger partial charge in [-0.1, -0.05) is 17.7 Å². The van der Waals surface area contributed by atoms with Crippen molar-refractivity contribution in [1.29, 1.82) is 0 Å². The lowest BCUT2D eigenvalue weighted by atomic mass is 10.1. The first-order chi connectivity index (χ1) is 5.65. The summed E-state index contributed by atoms with van der Waals surface area (Å²) in [4.78, 5) is 9.89. The molecule has 12 heavy (non-hydrogen) atoms. The molecule has 0 saturated heterocycles. The summed E-state index contributed by atoms with van der Waals surface area (Å²) in [6.07, 6.45) is 0.526. The predicted molar refractivity (Wildman–Crippen MR) is 47.2 cm³/mol. The average Bonchev–Trinajstić information content (AvgIpc) is 2.05. The van der Waals surface area contributed by atoms with Gasteiger partial charge in [-0.15, -0.1) is 0 Å². The van der Waals surface area contributed by atoms with Gasteiger partial charge in [-0.2, -0.15) is 0 Å². The third kappa shape index (κ3) is 1.74. The van der Waals surface area contributed by atoms with Crippen LogP contribution in [0, 0.1) is 17.0 Å². The average molecular weight is 185 g/mol. The van der Waals surface area contributed by atoms with Gasteiger partial charge in [-0.3, -0.25) is 10.1 Å². The topological polar surface area (TPSA) is 43.1 Å². The van der Waals surface area contributed by atoms with Crippen molar-refractivity contribution in [2.24, 2.45) is 0 Å². The first kappa shape index (κ1) is 9.00. The molecule has 1 rings (SSSR count). The van der Waals surface area contributed by atoms with Gasteiger partial charge in [0, 0.05) is 6.07 Å². The zero-order chi connectivity index (χ0) is 9.14. The van der Waals surface area contributed by atoms with Crippen molar-refractivity contribution in [2.75, 3.05) is 0 Å². The minimum atomic E-state index is -0.499. The summed E-state index contributed by atoms with van der Waals surface area (Å²) < 4.78 is 0. The van der Waals surface area contributed by atoms with Crippen LogP contribution in [0.2, 0.25) is 5.02 Å². The van der Waals surface area contributed by atoms with Gasteiger partial charge >= 0.3 is 0 Å². The van der Waals surface area contributed by atoms with Gasteiger partial charge in [0.25, 0.3) is 5.69 Å². The Morgan fingerprint density at radius 2 is 2.25 bits per heavy atom. The zero-order valence-electron chi connectivity index (χ0n) is 6.29. The highest BCUT2D eigenvalue weighted by molar-refractivity contribution is 6.32. The number of nitro benzene ring substituents is 1. The van der Waals surface area contributed by atoms with E-state index in [2.05, 4.69) is 6.92 Å². The third-order valence-electron chi connectivity index (χ3n) is 1.50. The van der Waals surface area contributed by atoms with E-state index in [9.17, 15) is 10.1 Å². The number of halogens is 1. The molecule has 0 saturated carbocycles. The Bertz CT molecular complexity index is 312. The summed E-state index contributed by atoms with van der Waals surface area (Å²) in [6, 6.07) is 4.68. The molecular formula is C8H7ClNO2. The van der Waals surface area contributed by atoms with Crippen LogP contribution in [-0.2, 0) is 6.42 Å². The number of rotatable bonds is 2. The number of hydrogen-bond acceptors (Lipinski definition) is 2. The second kappa shape index (κ2) is 3.54. The SMILES string of the molecule is [CH2]Cc1ccc(Cl)c([N+](=O)[O-])c1. The molecule has 0 aliphatic carbocycles. The van der Waals surface area contributed by atoms with Crippen molar-refractivity contribution in [3.8, 4) is 0 Å². The van der Waals surface area contributed by atoms with E-state index >= 15 is 0 Å². The fourth-order valence-electron chi connectivity index (χ4n) is 0.854. The van der Waals surface area contributed by atoms with Gasteiger partial charge in [0.1, 0.15) is 5.02 Å².